The van der Waals surface area contributed by atoms with Crippen LogP contribution in [0.4, 0.5) is 15.8 Å². The molecule has 3 saturated heterocycles. The lowest BCUT2D eigenvalue weighted by molar-refractivity contribution is -0.135. The van der Waals surface area contributed by atoms with Gasteiger partial charge in [0, 0.05) is 21.8 Å². The lowest BCUT2D eigenvalue weighted by Gasteiger charge is -2.36. The van der Waals surface area contributed by atoms with Crippen LogP contribution in [-0.4, -0.2) is 35.2 Å². The van der Waals surface area contributed by atoms with Crippen LogP contribution in [-0.2, 0) is 19.9 Å². The van der Waals surface area contributed by atoms with E-state index >= 15 is 0 Å². The molecule has 0 bridgehead atoms. The fourth-order valence-corrected chi connectivity index (χ4v) is 6.59. The van der Waals surface area contributed by atoms with Crippen molar-refractivity contribution in [2.24, 2.45) is 11.8 Å². The minimum absolute atomic E-state index is 0.166. The second kappa shape index (κ2) is 6.37. The van der Waals surface area contributed by atoms with Gasteiger partial charge < -0.3 is 5.32 Å². The third kappa shape index (κ3) is 2.28. The molecule has 6 rings (SSSR count). The highest BCUT2D eigenvalue weighted by molar-refractivity contribution is 9.10. The van der Waals surface area contributed by atoms with E-state index in [2.05, 4.69) is 26.1 Å². The molecular weight excluding hydrogens is 489 g/mol. The summed E-state index contributed by atoms with van der Waals surface area (Å²) in [4.78, 5) is 44.0. The number of imide groups is 1. The van der Waals surface area contributed by atoms with E-state index < -0.39 is 29.1 Å². The summed E-state index contributed by atoms with van der Waals surface area (Å²) in [6.07, 6.45) is 1.58. The summed E-state index contributed by atoms with van der Waals surface area (Å²) < 4.78 is 14.5. The van der Waals surface area contributed by atoms with Crippen molar-refractivity contribution in [3.8, 4) is 0 Å². The molecule has 4 heterocycles. The van der Waals surface area contributed by atoms with Gasteiger partial charge in [-0.1, -0.05) is 27.5 Å². The quantitative estimate of drug-likeness (QED) is 0.602. The average molecular weight is 505 g/mol. The number of nitrogens with one attached hydrogen (secondary N) is 1. The van der Waals surface area contributed by atoms with E-state index in [0.717, 1.165) is 28.3 Å². The molecule has 2 aromatic carbocycles. The summed E-state index contributed by atoms with van der Waals surface area (Å²) in [6, 6.07) is 9.09. The first-order valence-electron chi connectivity index (χ1n) is 10.1. The molecule has 0 saturated carbocycles. The molecule has 3 fully saturated rings. The number of benzene rings is 2. The maximum Gasteiger partial charge on any atom is 0.250 e. The highest BCUT2D eigenvalue weighted by Gasteiger charge is 2.74. The Morgan fingerprint density at radius 2 is 1.94 bits per heavy atom. The first-order chi connectivity index (χ1) is 14.9. The molecule has 31 heavy (non-hydrogen) atoms. The van der Waals surface area contributed by atoms with Gasteiger partial charge >= 0.3 is 0 Å². The van der Waals surface area contributed by atoms with Crippen LogP contribution >= 0.6 is 27.5 Å². The summed E-state index contributed by atoms with van der Waals surface area (Å²) in [5.41, 5.74) is 0.355. The van der Waals surface area contributed by atoms with Gasteiger partial charge in [-0.2, -0.15) is 0 Å². The molecule has 0 aliphatic carbocycles. The van der Waals surface area contributed by atoms with Gasteiger partial charge in [0.15, 0.2) is 0 Å². The zero-order valence-corrected chi connectivity index (χ0v) is 18.4. The maximum atomic E-state index is 13.8. The van der Waals surface area contributed by atoms with Gasteiger partial charge in [0.1, 0.15) is 11.4 Å². The van der Waals surface area contributed by atoms with E-state index in [0.29, 0.717) is 17.8 Å². The van der Waals surface area contributed by atoms with Crippen LogP contribution in [0, 0.1) is 17.7 Å². The zero-order valence-electron chi connectivity index (χ0n) is 16.1. The van der Waals surface area contributed by atoms with Gasteiger partial charge in [-0.15, -0.1) is 0 Å². The normalized spacial score (nSPS) is 31.4. The largest absolute Gasteiger partial charge is 0.324 e. The predicted octanol–water partition coefficient (Wildman–Crippen LogP) is 3.67. The van der Waals surface area contributed by atoms with Crippen LogP contribution in [0.3, 0.4) is 0 Å². The van der Waals surface area contributed by atoms with Crippen molar-refractivity contribution in [1.82, 2.24) is 4.90 Å². The number of halogens is 3. The molecule has 2 aromatic rings. The van der Waals surface area contributed by atoms with E-state index in [1.165, 1.54) is 12.1 Å². The molecule has 6 nitrogen and oxygen atoms in total. The summed E-state index contributed by atoms with van der Waals surface area (Å²) >= 11 is 9.40. The third-order valence-corrected chi connectivity index (χ3v) is 7.90. The van der Waals surface area contributed by atoms with Crippen molar-refractivity contribution in [2.75, 3.05) is 16.8 Å². The maximum absolute atomic E-state index is 13.8. The molecule has 0 unspecified atom stereocenters. The lowest BCUT2D eigenvalue weighted by atomic mass is 9.75. The van der Waals surface area contributed by atoms with Crippen LogP contribution in [0.2, 0.25) is 5.02 Å². The van der Waals surface area contributed by atoms with Gasteiger partial charge in [-0.25, -0.2) is 9.29 Å². The van der Waals surface area contributed by atoms with E-state index in [1.807, 2.05) is 18.2 Å². The molecule has 3 amide bonds. The smallest absolute Gasteiger partial charge is 0.250 e. The first kappa shape index (κ1) is 19.4. The number of hydrogen-bond acceptors (Lipinski definition) is 4. The number of rotatable bonds is 1. The van der Waals surface area contributed by atoms with Gasteiger partial charge in [0.05, 0.1) is 22.5 Å². The van der Waals surface area contributed by atoms with E-state index in [9.17, 15) is 18.8 Å². The second-order valence-corrected chi connectivity index (χ2v) is 9.75. The summed E-state index contributed by atoms with van der Waals surface area (Å²) in [5, 5.41) is 2.77. The van der Waals surface area contributed by atoms with Gasteiger partial charge in [0.25, 0.3) is 0 Å². The molecule has 1 spiro atoms. The molecule has 0 aromatic heterocycles. The number of amides is 3. The highest BCUT2D eigenvalue weighted by Crippen LogP contribution is 2.60. The molecular formula is C22H16BrClFN3O3. The van der Waals surface area contributed by atoms with E-state index in [1.54, 1.807) is 0 Å². The number of hydrogen-bond donors (Lipinski definition) is 1. The molecule has 1 N–H and O–H groups in total. The lowest BCUT2D eigenvalue weighted by Crippen LogP contribution is -2.54. The number of nitrogens with zero attached hydrogens (tertiary/aromatic N) is 2. The Balaban J connectivity index is 1.56. The van der Waals surface area contributed by atoms with Crippen molar-refractivity contribution < 1.29 is 18.8 Å². The summed E-state index contributed by atoms with van der Waals surface area (Å²) in [7, 11) is 0. The standard InChI is InChI=1S/C22H16BrClFN3O3/c23-10-3-6-15-12(8-10)22(21(31)26-15)18-17(16-2-1-7-27(16)22)19(29)28(20(18)30)11-4-5-14(25)13(24)9-11/h3-6,8-9,16-18H,1-2,7H2,(H,26,31)/t16-,17-,18-,22+/m0/s1. The minimum atomic E-state index is -1.24. The summed E-state index contributed by atoms with van der Waals surface area (Å²) in [6.45, 7) is 0.639. The van der Waals surface area contributed by atoms with Crippen molar-refractivity contribution in [3.63, 3.8) is 0 Å². The predicted molar refractivity (Wildman–Crippen MR) is 115 cm³/mol. The molecule has 4 aliphatic rings. The van der Waals surface area contributed by atoms with Crippen molar-refractivity contribution in [2.45, 2.75) is 24.4 Å². The molecule has 9 heteroatoms. The highest BCUT2D eigenvalue weighted by atomic mass is 79.9. The Kier molecular flexibility index (Phi) is 3.99. The minimum Gasteiger partial charge on any atom is -0.324 e. The zero-order chi connectivity index (χ0) is 21.7. The molecule has 4 aliphatic heterocycles. The average Bonchev–Trinajstić information content (AvgIpc) is 3.43. The van der Waals surface area contributed by atoms with Crippen LogP contribution in [0.25, 0.3) is 0 Å². The summed E-state index contributed by atoms with van der Waals surface area (Å²) in [5.74, 6) is -3.21. The van der Waals surface area contributed by atoms with Crippen LogP contribution in [0.5, 0.6) is 0 Å². The van der Waals surface area contributed by atoms with Gasteiger partial charge in [0.2, 0.25) is 17.7 Å². The van der Waals surface area contributed by atoms with Crippen LogP contribution in [0.1, 0.15) is 18.4 Å². The van der Waals surface area contributed by atoms with Crippen molar-refractivity contribution in [1.29, 1.82) is 0 Å². The van der Waals surface area contributed by atoms with Gasteiger partial charge in [-0.05, 0) is 55.8 Å². The SMILES string of the molecule is O=C1[C@@H]2[C@@H](C(=O)N1c1ccc(F)c(Cl)c1)[C@]1(C(=O)Nc3ccc(Br)cc31)N1CCC[C@@H]21. The van der Waals surface area contributed by atoms with Crippen molar-refractivity contribution >= 4 is 56.6 Å². The number of carbonyl (C=O) groups excluding carboxylic acids is 3. The second-order valence-electron chi connectivity index (χ2n) is 8.43. The van der Waals surface area contributed by atoms with E-state index in [4.69, 9.17) is 11.6 Å². The fraction of sp³-hybridized carbons (Fsp3) is 0.318. The number of anilines is 2. The molecule has 4 atom stereocenters. The first-order valence-corrected chi connectivity index (χ1v) is 11.2. The number of carbonyl (C=O) groups is 3. The Labute approximate surface area is 190 Å². The Morgan fingerprint density at radius 1 is 1.13 bits per heavy atom. The third-order valence-electron chi connectivity index (χ3n) is 7.12. The fourth-order valence-electron chi connectivity index (χ4n) is 6.05. The van der Waals surface area contributed by atoms with Crippen LogP contribution < -0.4 is 10.2 Å². The Hall–Kier alpha value is -2.29. The van der Waals surface area contributed by atoms with E-state index in [-0.39, 0.29) is 28.6 Å². The van der Waals surface area contributed by atoms with Crippen LogP contribution in [0.15, 0.2) is 40.9 Å². The Bertz CT molecular complexity index is 1210. The monoisotopic (exact) mass is 503 g/mol. The van der Waals surface area contributed by atoms with Crippen molar-refractivity contribution in [3.05, 3.63) is 57.3 Å². The topological polar surface area (TPSA) is 69.7 Å². The molecule has 0 radical (unpaired) electrons. The Morgan fingerprint density at radius 3 is 2.71 bits per heavy atom. The van der Waals surface area contributed by atoms with Gasteiger partial charge in [-0.3, -0.25) is 19.3 Å². The molecule has 158 valence electrons. The number of fused-ring (bicyclic) bond motifs is 7.